The summed E-state index contributed by atoms with van der Waals surface area (Å²) in [5.41, 5.74) is 8.38. The first-order valence-corrected chi connectivity index (χ1v) is 8.23. The van der Waals surface area contributed by atoms with Gasteiger partial charge in [-0.15, -0.1) is 11.3 Å². The van der Waals surface area contributed by atoms with Crippen LogP contribution in [0.25, 0.3) is 10.6 Å². The number of aryl methyl sites for hydroxylation is 1. The van der Waals surface area contributed by atoms with E-state index in [0.29, 0.717) is 12.1 Å². The molecule has 6 heteroatoms. The van der Waals surface area contributed by atoms with Crippen LogP contribution in [-0.2, 0) is 22.0 Å². The van der Waals surface area contributed by atoms with Crippen LogP contribution in [0.2, 0.25) is 0 Å². The molecule has 0 fully saturated rings. The van der Waals surface area contributed by atoms with Crippen molar-refractivity contribution in [3.63, 3.8) is 0 Å². The van der Waals surface area contributed by atoms with Gasteiger partial charge in [-0.05, 0) is 12.1 Å². The smallest absolute Gasteiger partial charge is 0.155 e. The van der Waals surface area contributed by atoms with Crippen LogP contribution in [0.4, 0.5) is 5.69 Å². The molecule has 4 nitrogen and oxygen atoms in total. The fourth-order valence-electron chi connectivity index (χ4n) is 2.02. The molecule has 0 atom stereocenters. The first-order chi connectivity index (χ1) is 8.55. The standard InChI is InChI=1S/C12H12N2O2S2/c13-9-4-2-1-3-8(9)12-14-10-5-6-18(15,16)7-11(10)17-12/h1-4H,5-7,13H2. The van der Waals surface area contributed by atoms with Crippen LogP contribution in [0.3, 0.4) is 0 Å². The minimum Gasteiger partial charge on any atom is -0.398 e. The number of para-hydroxylation sites is 1. The summed E-state index contributed by atoms with van der Waals surface area (Å²) in [5, 5.41) is 0.815. The molecule has 1 aromatic carbocycles. The number of nitrogens with two attached hydrogens (primary N) is 1. The molecule has 18 heavy (non-hydrogen) atoms. The predicted octanol–water partition coefficient (Wildman–Crippen LogP) is 1.86. The zero-order valence-electron chi connectivity index (χ0n) is 9.59. The number of hydrogen-bond acceptors (Lipinski definition) is 5. The van der Waals surface area contributed by atoms with E-state index in [-0.39, 0.29) is 11.5 Å². The van der Waals surface area contributed by atoms with Gasteiger partial charge in [-0.25, -0.2) is 13.4 Å². The Hall–Kier alpha value is -1.40. The van der Waals surface area contributed by atoms with Gasteiger partial charge in [-0.3, -0.25) is 0 Å². The Morgan fingerprint density at radius 2 is 2.06 bits per heavy atom. The van der Waals surface area contributed by atoms with E-state index in [1.54, 1.807) is 0 Å². The zero-order valence-corrected chi connectivity index (χ0v) is 11.2. The van der Waals surface area contributed by atoms with Gasteiger partial charge in [-0.1, -0.05) is 12.1 Å². The van der Waals surface area contributed by atoms with E-state index in [4.69, 9.17) is 5.73 Å². The molecule has 3 rings (SSSR count). The van der Waals surface area contributed by atoms with Crippen molar-refractivity contribution in [1.29, 1.82) is 0 Å². The first-order valence-electron chi connectivity index (χ1n) is 5.59. The molecule has 0 saturated heterocycles. The Bertz CT molecular complexity index is 705. The van der Waals surface area contributed by atoms with E-state index in [1.165, 1.54) is 11.3 Å². The summed E-state index contributed by atoms with van der Waals surface area (Å²) in [6.07, 6.45) is 0.515. The lowest BCUT2D eigenvalue weighted by Gasteiger charge is -2.09. The number of sulfone groups is 1. The van der Waals surface area contributed by atoms with Crippen molar-refractivity contribution in [2.75, 3.05) is 11.5 Å². The molecule has 0 aliphatic carbocycles. The van der Waals surface area contributed by atoms with Gasteiger partial charge >= 0.3 is 0 Å². The highest BCUT2D eigenvalue weighted by Gasteiger charge is 2.25. The molecule has 0 unspecified atom stereocenters. The average molecular weight is 280 g/mol. The Balaban J connectivity index is 2.07. The number of fused-ring (bicyclic) bond motifs is 1. The number of rotatable bonds is 1. The van der Waals surface area contributed by atoms with Crippen molar-refractivity contribution in [3.05, 3.63) is 34.8 Å². The second-order valence-corrected chi connectivity index (χ2v) is 7.59. The van der Waals surface area contributed by atoms with E-state index in [0.717, 1.165) is 21.1 Å². The maximum atomic E-state index is 11.6. The van der Waals surface area contributed by atoms with Gasteiger partial charge in [0, 0.05) is 22.5 Å². The number of hydrogen-bond donors (Lipinski definition) is 1. The number of anilines is 1. The highest BCUT2D eigenvalue weighted by atomic mass is 32.2. The van der Waals surface area contributed by atoms with Crippen LogP contribution < -0.4 is 5.73 Å². The summed E-state index contributed by atoms with van der Waals surface area (Å²) in [6.45, 7) is 0. The number of thiazole rings is 1. The lowest BCUT2D eigenvalue weighted by atomic mass is 10.2. The molecule has 1 aromatic heterocycles. The van der Waals surface area contributed by atoms with E-state index < -0.39 is 9.84 Å². The molecule has 0 bridgehead atoms. The van der Waals surface area contributed by atoms with Crippen molar-refractivity contribution in [2.45, 2.75) is 12.2 Å². The first kappa shape index (κ1) is 11.7. The second kappa shape index (κ2) is 4.07. The Labute approximate surface area is 109 Å². The molecule has 94 valence electrons. The summed E-state index contributed by atoms with van der Waals surface area (Å²) in [7, 11) is -2.94. The van der Waals surface area contributed by atoms with Crippen LogP contribution in [0.1, 0.15) is 10.6 Å². The second-order valence-electron chi connectivity index (χ2n) is 4.32. The van der Waals surface area contributed by atoms with E-state index in [2.05, 4.69) is 4.98 Å². The number of benzene rings is 1. The highest BCUT2D eigenvalue weighted by molar-refractivity contribution is 7.90. The van der Waals surface area contributed by atoms with E-state index in [9.17, 15) is 8.42 Å². The molecular formula is C12H12N2O2S2. The minimum absolute atomic E-state index is 0.118. The van der Waals surface area contributed by atoms with Gasteiger partial charge in [0.15, 0.2) is 9.84 Å². The minimum atomic E-state index is -2.94. The topological polar surface area (TPSA) is 73.0 Å². The molecule has 0 radical (unpaired) electrons. The lowest BCUT2D eigenvalue weighted by molar-refractivity contribution is 0.591. The third-order valence-corrected chi connectivity index (χ3v) is 5.84. The van der Waals surface area contributed by atoms with Gasteiger partial charge in [-0.2, -0.15) is 0 Å². The fraction of sp³-hybridized carbons (Fsp3) is 0.250. The lowest BCUT2D eigenvalue weighted by Crippen LogP contribution is -2.17. The van der Waals surface area contributed by atoms with Gasteiger partial charge in [0.2, 0.25) is 0 Å². The Morgan fingerprint density at radius 1 is 1.28 bits per heavy atom. The summed E-state index contributed by atoms with van der Waals surface area (Å²) in [6, 6.07) is 7.51. The predicted molar refractivity (Wildman–Crippen MR) is 73.2 cm³/mol. The van der Waals surface area contributed by atoms with Crippen molar-refractivity contribution in [2.24, 2.45) is 0 Å². The summed E-state index contributed by atoms with van der Waals surface area (Å²) in [4.78, 5) is 5.38. The van der Waals surface area contributed by atoms with Crippen LogP contribution >= 0.6 is 11.3 Å². The molecule has 2 aromatic rings. The number of nitrogens with zero attached hydrogens (tertiary/aromatic N) is 1. The average Bonchev–Trinajstić information content (AvgIpc) is 2.70. The SMILES string of the molecule is Nc1ccccc1-c1nc2c(s1)CS(=O)(=O)CC2. The van der Waals surface area contributed by atoms with E-state index >= 15 is 0 Å². The fourth-order valence-corrected chi connectivity index (χ4v) is 4.96. The van der Waals surface area contributed by atoms with Crippen LogP contribution in [0.15, 0.2) is 24.3 Å². The normalized spacial score (nSPS) is 17.3. The number of aromatic nitrogens is 1. The molecule has 0 spiro atoms. The van der Waals surface area contributed by atoms with Crippen molar-refractivity contribution in [3.8, 4) is 10.6 Å². The molecule has 0 saturated carbocycles. The van der Waals surface area contributed by atoms with Crippen LogP contribution in [0, 0.1) is 0 Å². The molecule has 0 amide bonds. The maximum Gasteiger partial charge on any atom is 0.155 e. The molecule has 2 heterocycles. The summed E-state index contributed by atoms with van der Waals surface area (Å²) >= 11 is 1.43. The highest BCUT2D eigenvalue weighted by Crippen LogP contribution is 2.34. The van der Waals surface area contributed by atoms with Gasteiger partial charge in [0.05, 0.1) is 17.2 Å². The largest absolute Gasteiger partial charge is 0.398 e. The van der Waals surface area contributed by atoms with Crippen molar-refractivity contribution in [1.82, 2.24) is 4.98 Å². The quantitative estimate of drug-likeness (QED) is 0.809. The van der Waals surface area contributed by atoms with Crippen LogP contribution in [-0.4, -0.2) is 19.2 Å². The summed E-state index contributed by atoms with van der Waals surface area (Å²) < 4.78 is 23.2. The van der Waals surface area contributed by atoms with Crippen molar-refractivity contribution < 1.29 is 8.42 Å². The monoisotopic (exact) mass is 280 g/mol. The third kappa shape index (κ3) is 2.02. The Morgan fingerprint density at radius 3 is 2.83 bits per heavy atom. The molecule has 1 aliphatic heterocycles. The van der Waals surface area contributed by atoms with Crippen LogP contribution in [0.5, 0.6) is 0 Å². The molecular weight excluding hydrogens is 268 g/mol. The molecule has 1 aliphatic rings. The van der Waals surface area contributed by atoms with E-state index in [1.807, 2.05) is 24.3 Å². The van der Waals surface area contributed by atoms with Crippen molar-refractivity contribution >= 4 is 26.9 Å². The van der Waals surface area contributed by atoms with Gasteiger partial charge in [0.1, 0.15) is 5.01 Å². The summed E-state index contributed by atoms with van der Waals surface area (Å²) in [5.74, 6) is 0.320. The zero-order chi connectivity index (χ0) is 12.8. The Kier molecular flexibility index (Phi) is 2.64. The maximum absolute atomic E-state index is 11.6. The van der Waals surface area contributed by atoms with Gasteiger partial charge < -0.3 is 5.73 Å². The van der Waals surface area contributed by atoms with Gasteiger partial charge in [0.25, 0.3) is 0 Å². The number of nitrogen functional groups attached to an aromatic ring is 1. The molecule has 2 N–H and O–H groups in total. The third-order valence-electron chi connectivity index (χ3n) is 2.97.